The second-order valence-corrected chi connectivity index (χ2v) is 6.10. The molecule has 0 aliphatic heterocycles. The fourth-order valence-electron chi connectivity index (χ4n) is 1.62. The number of carboxylic acid groups (broad SMARTS) is 1. The van der Waals surface area contributed by atoms with Gasteiger partial charge in [0, 0.05) is 13.7 Å². The number of sulfonamides is 1. The molecule has 1 rings (SSSR count). The summed E-state index contributed by atoms with van der Waals surface area (Å²) in [6, 6.07) is 6.43. The number of nitrogens with zero attached hydrogens (tertiary/aromatic N) is 1. The number of aliphatic carboxylic acids is 1. The van der Waals surface area contributed by atoms with Gasteiger partial charge in [-0.15, -0.1) is 0 Å². The summed E-state index contributed by atoms with van der Waals surface area (Å²) in [6.45, 7) is -0.145. The highest BCUT2D eigenvalue weighted by atomic mass is 32.2. The number of para-hydroxylation sites is 2. The zero-order valence-electron chi connectivity index (χ0n) is 11.2. The van der Waals surface area contributed by atoms with Crippen molar-refractivity contribution < 1.29 is 23.1 Å². The number of anilines is 2. The van der Waals surface area contributed by atoms with Gasteiger partial charge in [0.05, 0.1) is 30.2 Å². The Bertz CT molecular complexity index is 559. The predicted octanol–water partition coefficient (Wildman–Crippen LogP) is 0.526. The van der Waals surface area contributed by atoms with Gasteiger partial charge in [0.1, 0.15) is 0 Å². The highest BCUT2D eigenvalue weighted by Crippen LogP contribution is 2.25. The standard InChI is InChI=1S/C12H18N2O5S/c1-19-8-9-20(17,18)14(7-6-12(15)16)11-5-3-2-4-10(11)13/h2-5H,6-9,13H2,1H3,(H,15,16). The van der Waals surface area contributed by atoms with Gasteiger partial charge in [-0.25, -0.2) is 8.42 Å². The van der Waals surface area contributed by atoms with Gasteiger partial charge in [0.25, 0.3) is 0 Å². The van der Waals surface area contributed by atoms with Crippen LogP contribution < -0.4 is 10.0 Å². The number of hydrogen-bond donors (Lipinski definition) is 2. The zero-order valence-corrected chi connectivity index (χ0v) is 12.0. The number of nitrogens with two attached hydrogens (primary N) is 1. The number of carboxylic acids is 1. The summed E-state index contributed by atoms with van der Waals surface area (Å²) >= 11 is 0. The molecule has 0 aromatic heterocycles. The minimum atomic E-state index is -3.69. The fourth-order valence-corrected chi connectivity index (χ4v) is 3.05. The monoisotopic (exact) mass is 302 g/mol. The van der Waals surface area contributed by atoms with Crippen molar-refractivity contribution in [3.63, 3.8) is 0 Å². The largest absolute Gasteiger partial charge is 0.481 e. The second-order valence-electron chi connectivity index (χ2n) is 4.08. The normalized spacial score (nSPS) is 11.2. The van der Waals surface area contributed by atoms with Crippen LogP contribution in [0.1, 0.15) is 6.42 Å². The average molecular weight is 302 g/mol. The molecule has 0 spiro atoms. The Labute approximate surface area is 118 Å². The van der Waals surface area contributed by atoms with Crippen LogP contribution in [-0.4, -0.2) is 45.5 Å². The molecule has 0 atom stereocenters. The molecular weight excluding hydrogens is 284 g/mol. The summed E-state index contributed by atoms with van der Waals surface area (Å²) < 4.78 is 30.3. The van der Waals surface area contributed by atoms with E-state index in [2.05, 4.69) is 0 Å². The minimum absolute atomic E-state index is 0.0264. The Morgan fingerprint density at radius 1 is 1.40 bits per heavy atom. The van der Waals surface area contributed by atoms with Gasteiger partial charge in [0.15, 0.2) is 0 Å². The van der Waals surface area contributed by atoms with Crippen molar-refractivity contribution >= 4 is 27.4 Å². The lowest BCUT2D eigenvalue weighted by Crippen LogP contribution is -2.36. The van der Waals surface area contributed by atoms with Gasteiger partial charge < -0.3 is 15.6 Å². The van der Waals surface area contributed by atoms with Crippen molar-refractivity contribution in [3.05, 3.63) is 24.3 Å². The van der Waals surface area contributed by atoms with Gasteiger partial charge >= 0.3 is 5.97 Å². The van der Waals surface area contributed by atoms with Crippen LogP contribution in [0.5, 0.6) is 0 Å². The number of nitrogen functional groups attached to an aromatic ring is 1. The van der Waals surface area contributed by atoms with Crippen molar-refractivity contribution in [2.75, 3.05) is 36.1 Å². The van der Waals surface area contributed by atoms with Crippen molar-refractivity contribution in [1.29, 1.82) is 0 Å². The predicted molar refractivity (Wildman–Crippen MR) is 76.1 cm³/mol. The van der Waals surface area contributed by atoms with Crippen LogP contribution in [0.25, 0.3) is 0 Å². The maximum Gasteiger partial charge on any atom is 0.305 e. The molecule has 20 heavy (non-hydrogen) atoms. The number of ether oxygens (including phenoxy) is 1. The van der Waals surface area contributed by atoms with E-state index >= 15 is 0 Å². The third kappa shape index (κ3) is 4.39. The van der Waals surface area contributed by atoms with Crippen LogP contribution in [0.3, 0.4) is 0 Å². The van der Waals surface area contributed by atoms with Gasteiger partial charge in [-0.2, -0.15) is 0 Å². The summed E-state index contributed by atoms with van der Waals surface area (Å²) in [5.74, 6) is -1.32. The van der Waals surface area contributed by atoms with Gasteiger partial charge in [0.2, 0.25) is 10.0 Å². The first-order chi connectivity index (χ1) is 9.38. The third-order valence-corrected chi connectivity index (χ3v) is 4.35. The first-order valence-corrected chi connectivity index (χ1v) is 7.55. The molecular formula is C12H18N2O5S. The van der Waals surface area contributed by atoms with E-state index in [-0.39, 0.29) is 36.7 Å². The Morgan fingerprint density at radius 3 is 2.60 bits per heavy atom. The SMILES string of the molecule is COCCS(=O)(=O)N(CCC(=O)O)c1ccccc1N. The zero-order chi connectivity index (χ0) is 15.2. The Kier molecular flexibility index (Phi) is 5.78. The van der Waals surface area contributed by atoms with Crippen molar-refractivity contribution in [3.8, 4) is 0 Å². The minimum Gasteiger partial charge on any atom is -0.481 e. The molecule has 0 fully saturated rings. The molecule has 3 N–H and O–H groups in total. The molecule has 0 saturated carbocycles. The lowest BCUT2D eigenvalue weighted by molar-refractivity contribution is -0.136. The molecule has 0 bridgehead atoms. The topological polar surface area (TPSA) is 110 Å². The molecule has 112 valence electrons. The summed E-state index contributed by atoms with van der Waals surface area (Å²) in [6.07, 6.45) is -0.305. The Hall–Kier alpha value is -1.80. The Morgan fingerprint density at radius 2 is 2.05 bits per heavy atom. The highest BCUT2D eigenvalue weighted by molar-refractivity contribution is 7.92. The van der Waals surface area contributed by atoms with E-state index in [9.17, 15) is 13.2 Å². The van der Waals surface area contributed by atoms with E-state index in [4.69, 9.17) is 15.6 Å². The maximum atomic E-state index is 12.3. The van der Waals surface area contributed by atoms with E-state index in [1.54, 1.807) is 24.3 Å². The molecule has 1 aromatic carbocycles. The number of hydrogen-bond acceptors (Lipinski definition) is 5. The first kappa shape index (κ1) is 16.3. The number of rotatable bonds is 8. The molecule has 7 nitrogen and oxygen atoms in total. The average Bonchev–Trinajstić information content (AvgIpc) is 2.38. The molecule has 0 aliphatic rings. The van der Waals surface area contributed by atoms with Crippen LogP contribution >= 0.6 is 0 Å². The van der Waals surface area contributed by atoms with Crippen LogP contribution in [-0.2, 0) is 19.6 Å². The van der Waals surface area contributed by atoms with Gasteiger partial charge in [-0.1, -0.05) is 12.1 Å². The summed E-state index contributed by atoms with van der Waals surface area (Å²) in [4.78, 5) is 10.7. The lowest BCUT2D eigenvalue weighted by atomic mass is 10.2. The highest BCUT2D eigenvalue weighted by Gasteiger charge is 2.24. The van der Waals surface area contributed by atoms with Crippen LogP contribution in [0, 0.1) is 0 Å². The quantitative estimate of drug-likeness (QED) is 0.678. The van der Waals surface area contributed by atoms with Crippen molar-refractivity contribution in [1.82, 2.24) is 0 Å². The van der Waals surface area contributed by atoms with E-state index < -0.39 is 16.0 Å². The fraction of sp³-hybridized carbons (Fsp3) is 0.417. The van der Waals surface area contributed by atoms with Crippen LogP contribution in [0.2, 0.25) is 0 Å². The van der Waals surface area contributed by atoms with E-state index in [1.807, 2.05) is 0 Å². The Balaban J connectivity index is 3.08. The van der Waals surface area contributed by atoms with Crippen molar-refractivity contribution in [2.45, 2.75) is 6.42 Å². The molecule has 8 heteroatoms. The lowest BCUT2D eigenvalue weighted by Gasteiger charge is -2.25. The number of carbonyl (C=O) groups is 1. The number of methoxy groups -OCH3 is 1. The second kappa shape index (κ2) is 7.11. The molecule has 1 aromatic rings. The summed E-state index contributed by atoms with van der Waals surface area (Å²) in [5, 5.41) is 8.74. The molecule has 0 amide bonds. The smallest absolute Gasteiger partial charge is 0.305 e. The third-order valence-electron chi connectivity index (χ3n) is 2.62. The molecule has 0 radical (unpaired) electrons. The first-order valence-electron chi connectivity index (χ1n) is 5.94. The van der Waals surface area contributed by atoms with Crippen molar-refractivity contribution in [2.24, 2.45) is 0 Å². The van der Waals surface area contributed by atoms with E-state index in [0.29, 0.717) is 0 Å². The van der Waals surface area contributed by atoms with E-state index in [1.165, 1.54) is 7.11 Å². The molecule has 0 unspecified atom stereocenters. The van der Waals surface area contributed by atoms with Crippen LogP contribution in [0.4, 0.5) is 11.4 Å². The van der Waals surface area contributed by atoms with Gasteiger partial charge in [-0.05, 0) is 12.1 Å². The number of benzene rings is 1. The maximum absolute atomic E-state index is 12.3. The van der Waals surface area contributed by atoms with Gasteiger partial charge in [-0.3, -0.25) is 9.10 Å². The summed E-state index contributed by atoms with van der Waals surface area (Å²) in [7, 11) is -2.29. The molecule has 0 aliphatic carbocycles. The molecule has 0 heterocycles. The summed E-state index contributed by atoms with van der Waals surface area (Å²) in [5.41, 5.74) is 6.33. The van der Waals surface area contributed by atoms with Crippen LogP contribution in [0.15, 0.2) is 24.3 Å². The van der Waals surface area contributed by atoms with E-state index in [0.717, 1.165) is 4.31 Å². The molecule has 0 saturated heterocycles.